The predicted molar refractivity (Wildman–Crippen MR) is 270 cm³/mol. The molecule has 2 heterocycles. The molecule has 71 heavy (non-hydrogen) atoms. The zero-order chi connectivity index (χ0) is 48.3. The molecule has 0 bridgehead atoms. The summed E-state index contributed by atoms with van der Waals surface area (Å²) in [6.45, 7) is 4.25. The van der Waals surface area contributed by atoms with Crippen LogP contribution in [0.15, 0.2) is 212 Å². The largest absolute Gasteiger partial charge is 0.374 e. The van der Waals surface area contributed by atoms with Crippen LogP contribution >= 0.6 is 0 Å². The molecular formula is C61H64O10. The van der Waals surface area contributed by atoms with Crippen LogP contribution in [0.1, 0.15) is 45.9 Å². The van der Waals surface area contributed by atoms with Crippen LogP contribution in [0.5, 0.6) is 0 Å². The Morgan fingerprint density at radius 1 is 0.296 bits per heavy atom. The summed E-state index contributed by atoms with van der Waals surface area (Å²) in [5.41, 5.74) is 7.03. The highest BCUT2D eigenvalue weighted by atomic mass is 16.8. The van der Waals surface area contributed by atoms with Crippen molar-refractivity contribution in [3.8, 4) is 0 Å². The lowest BCUT2D eigenvalue weighted by molar-refractivity contribution is -0.391. The molecule has 9 rings (SSSR count). The van der Waals surface area contributed by atoms with E-state index in [1.54, 1.807) is 0 Å². The van der Waals surface area contributed by atoms with Gasteiger partial charge in [0, 0.05) is 0 Å². The van der Waals surface area contributed by atoms with Gasteiger partial charge in [-0.1, -0.05) is 212 Å². The van der Waals surface area contributed by atoms with Crippen molar-refractivity contribution in [3.05, 3.63) is 251 Å². The number of benzene rings is 7. The fraction of sp³-hybridized carbons (Fsp3) is 0.311. The average Bonchev–Trinajstić information content (AvgIpc) is 3.42. The molecule has 0 amide bonds. The second kappa shape index (κ2) is 26.5. The zero-order valence-electron chi connectivity index (χ0n) is 40.2. The second-order valence-corrected chi connectivity index (χ2v) is 18.0. The van der Waals surface area contributed by atoms with Gasteiger partial charge in [0.1, 0.15) is 42.7 Å². The fourth-order valence-corrected chi connectivity index (χ4v) is 8.97. The highest BCUT2D eigenvalue weighted by molar-refractivity contribution is 5.19. The van der Waals surface area contributed by atoms with Crippen LogP contribution in [-0.2, 0) is 93.6 Å². The molecule has 368 valence electrons. The van der Waals surface area contributed by atoms with E-state index >= 15 is 0 Å². The van der Waals surface area contributed by atoms with E-state index in [0.29, 0.717) is 26.4 Å². The van der Waals surface area contributed by atoms with E-state index in [1.807, 2.05) is 219 Å². The highest BCUT2D eigenvalue weighted by Gasteiger charge is 2.53. The summed E-state index contributed by atoms with van der Waals surface area (Å²) >= 11 is 0. The van der Waals surface area contributed by atoms with Gasteiger partial charge in [-0.25, -0.2) is 0 Å². The van der Waals surface area contributed by atoms with Gasteiger partial charge in [0.15, 0.2) is 12.6 Å². The Morgan fingerprint density at radius 2 is 0.563 bits per heavy atom. The molecule has 2 aliphatic heterocycles. The summed E-state index contributed by atoms with van der Waals surface area (Å²) in [5.74, 6) is 0. The molecule has 0 radical (unpaired) electrons. The van der Waals surface area contributed by atoms with Crippen LogP contribution in [0.3, 0.4) is 0 Å². The standard InChI is InChI=1S/C61H64O10/c1-45-54(63-38-47-25-11-3-12-26-47)56(65-40-49-29-15-5-16-30-49)58(67-42-51-33-19-7-20-34-51)60(69-45)71-61-59(68-43-52-35-21-8-22-36-52)57(66-41-50-31-17-6-18-32-50)55(64-39-48-27-13-4-14-28-48)53(70-61)44-62-37-46-23-9-2-10-24-46/h2-36,45,53-61H,37-44H2,1H3/t45-,53+,54-,55+,56+,57-,58+,59+,60-,61-/m0/s1. The van der Waals surface area contributed by atoms with Crippen LogP contribution in [0, 0.1) is 0 Å². The van der Waals surface area contributed by atoms with Crippen LogP contribution in [0.25, 0.3) is 0 Å². The molecule has 10 nitrogen and oxygen atoms in total. The quantitative estimate of drug-likeness (QED) is 0.0583. The first-order valence-electron chi connectivity index (χ1n) is 24.6. The topological polar surface area (TPSA) is 92.3 Å². The third-order valence-corrected chi connectivity index (χ3v) is 12.7. The van der Waals surface area contributed by atoms with E-state index in [9.17, 15) is 0 Å². The maximum Gasteiger partial charge on any atom is 0.190 e. The summed E-state index contributed by atoms with van der Waals surface area (Å²) in [4.78, 5) is 0. The van der Waals surface area contributed by atoms with Gasteiger partial charge in [0.05, 0.1) is 59.0 Å². The predicted octanol–water partition coefficient (Wildman–Crippen LogP) is 11.2. The van der Waals surface area contributed by atoms with Gasteiger partial charge in [-0.15, -0.1) is 0 Å². The van der Waals surface area contributed by atoms with Crippen molar-refractivity contribution in [2.75, 3.05) is 6.61 Å². The van der Waals surface area contributed by atoms with Crippen LogP contribution < -0.4 is 0 Å². The Morgan fingerprint density at radius 3 is 0.915 bits per heavy atom. The molecule has 0 saturated carbocycles. The Kier molecular flexibility index (Phi) is 18.7. The van der Waals surface area contributed by atoms with Gasteiger partial charge in [0.2, 0.25) is 0 Å². The first kappa shape index (κ1) is 50.1. The van der Waals surface area contributed by atoms with E-state index in [1.165, 1.54) is 0 Å². The molecular weight excluding hydrogens is 893 g/mol. The van der Waals surface area contributed by atoms with Gasteiger partial charge < -0.3 is 47.4 Å². The molecule has 0 aromatic heterocycles. The maximum absolute atomic E-state index is 7.27. The molecule has 2 saturated heterocycles. The zero-order valence-corrected chi connectivity index (χ0v) is 40.2. The van der Waals surface area contributed by atoms with Gasteiger partial charge in [-0.3, -0.25) is 0 Å². The fourth-order valence-electron chi connectivity index (χ4n) is 8.97. The lowest BCUT2D eigenvalue weighted by atomic mass is 9.96. The summed E-state index contributed by atoms with van der Waals surface area (Å²) in [7, 11) is 0. The molecule has 0 spiro atoms. The van der Waals surface area contributed by atoms with E-state index in [0.717, 1.165) is 38.9 Å². The van der Waals surface area contributed by atoms with Crippen LogP contribution in [0.2, 0.25) is 0 Å². The van der Waals surface area contributed by atoms with E-state index in [-0.39, 0.29) is 26.4 Å². The average molecular weight is 957 g/mol. The molecule has 7 aromatic rings. The molecule has 10 atom stereocenters. The number of hydrogen-bond acceptors (Lipinski definition) is 10. The molecule has 2 fully saturated rings. The van der Waals surface area contributed by atoms with Crippen molar-refractivity contribution in [2.24, 2.45) is 0 Å². The first-order chi connectivity index (χ1) is 35.1. The van der Waals surface area contributed by atoms with Crippen molar-refractivity contribution in [3.63, 3.8) is 0 Å². The van der Waals surface area contributed by atoms with E-state index in [2.05, 4.69) is 0 Å². The van der Waals surface area contributed by atoms with Crippen LogP contribution in [-0.4, -0.2) is 68.0 Å². The second-order valence-electron chi connectivity index (χ2n) is 18.0. The third kappa shape index (κ3) is 14.6. The Balaban J connectivity index is 1.08. The smallest absolute Gasteiger partial charge is 0.190 e. The Hall–Kier alpha value is -5.86. The SMILES string of the molecule is C[C@@H]1O[C@@H](O[C@@H]2O[C@H](COCc3ccccc3)[C@@H](OCc3ccccc3)[C@H](OCc3ccccc3)[C@H]2OCc2ccccc2)[C@H](OCc2ccccc2)[C@H](OCc2ccccc2)[C@H]1OCc1ccccc1. The van der Waals surface area contributed by atoms with Gasteiger partial charge in [-0.2, -0.15) is 0 Å². The normalized spacial score (nSPS) is 24.4. The van der Waals surface area contributed by atoms with Gasteiger partial charge >= 0.3 is 0 Å². The molecule has 0 N–H and O–H groups in total. The molecule has 0 unspecified atom stereocenters. The highest BCUT2D eigenvalue weighted by Crippen LogP contribution is 2.37. The van der Waals surface area contributed by atoms with Crippen molar-refractivity contribution >= 4 is 0 Å². The molecule has 7 aromatic carbocycles. The molecule has 0 aliphatic carbocycles. The van der Waals surface area contributed by atoms with E-state index < -0.39 is 61.4 Å². The molecule has 2 aliphatic rings. The van der Waals surface area contributed by atoms with E-state index in [4.69, 9.17) is 47.4 Å². The summed E-state index contributed by atoms with van der Waals surface area (Å²) in [5, 5.41) is 0. The van der Waals surface area contributed by atoms with Crippen molar-refractivity contribution in [1.29, 1.82) is 0 Å². The van der Waals surface area contributed by atoms with Crippen molar-refractivity contribution in [1.82, 2.24) is 0 Å². The number of hydrogen-bond donors (Lipinski definition) is 0. The summed E-state index contributed by atoms with van der Waals surface area (Å²) in [6, 6.07) is 70.6. The summed E-state index contributed by atoms with van der Waals surface area (Å²) in [6.07, 6.45) is -7.51. The third-order valence-electron chi connectivity index (χ3n) is 12.7. The Bertz CT molecular complexity index is 2530. The summed E-state index contributed by atoms with van der Waals surface area (Å²) < 4.78 is 69.6. The van der Waals surface area contributed by atoms with Gasteiger partial charge in [-0.05, 0) is 45.9 Å². The lowest BCUT2D eigenvalue weighted by Gasteiger charge is -2.49. The Labute approximate surface area is 418 Å². The molecule has 10 heteroatoms. The number of ether oxygens (including phenoxy) is 10. The monoisotopic (exact) mass is 956 g/mol. The minimum Gasteiger partial charge on any atom is -0.374 e. The first-order valence-corrected chi connectivity index (χ1v) is 24.6. The van der Waals surface area contributed by atoms with Crippen molar-refractivity contribution in [2.45, 2.75) is 115 Å². The van der Waals surface area contributed by atoms with Gasteiger partial charge in [0.25, 0.3) is 0 Å². The minimum atomic E-state index is -1.07. The van der Waals surface area contributed by atoms with Crippen molar-refractivity contribution < 1.29 is 47.4 Å². The minimum absolute atomic E-state index is 0.166. The maximum atomic E-state index is 7.27. The lowest BCUT2D eigenvalue weighted by Crippen LogP contribution is -2.65. The number of rotatable bonds is 24. The van der Waals surface area contributed by atoms with Crippen LogP contribution in [0.4, 0.5) is 0 Å².